The first-order chi connectivity index (χ1) is 13.3. The Morgan fingerprint density at radius 2 is 1.93 bits per heavy atom. The predicted molar refractivity (Wildman–Crippen MR) is 93.4 cm³/mol. The largest absolute Gasteiger partial charge is 0.416 e. The van der Waals surface area contributed by atoms with E-state index in [2.05, 4.69) is 26.3 Å². The number of amides is 1. The number of nitriles is 1. The first kappa shape index (κ1) is 19.8. The van der Waals surface area contributed by atoms with Crippen LogP contribution in [0.2, 0.25) is 5.28 Å². The maximum absolute atomic E-state index is 12.9. The lowest BCUT2D eigenvalue weighted by Crippen LogP contribution is -2.41. The van der Waals surface area contributed by atoms with Crippen LogP contribution < -0.4 is 5.32 Å². The molecule has 1 fully saturated rings. The molecule has 1 aliphatic heterocycles. The Morgan fingerprint density at radius 3 is 2.54 bits per heavy atom. The van der Waals surface area contributed by atoms with Crippen LogP contribution in [0.25, 0.3) is 0 Å². The van der Waals surface area contributed by atoms with Gasteiger partial charge in [-0.2, -0.15) is 18.4 Å². The summed E-state index contributed by atoms with van der Waals surface area (Å²) in [4.78, 5) is 24.1. The van der Waals surface area contributed by atoms with E-state index in [1.165, 1.54) is 11.0 Å². The van der Waals surface area contributed by atoms with Crippen molar-refractivity contribution < 1.29 is 18.0 Å². The maximum atomic E-state index is 12.9. The van der Waals surface area contributed by atoms with Gasteiger partial charge in [-0.3, -0.25) is 4.79 Å². The highest BCUT2D eigenvalue weighted by atomic mass is 35.5. The van der Waals surface area contributed by atoms with Gasteiger partial charge in [0.25, 0.3) is 0 Å². The van der Waals surface area contributed by atoms with Crippen molar-refractivity contribution in [1.29, 1.82) is 5.26 Å². The molecule has 1 aliphatic rings. The molecule has 0 aliphatic carbocycles. The first-order valence-corrected chi connectivity index (χ1v) is 8.53. The predicted octanol–water partition coefficient (Wildman–Crippen LogP) is 3.21. The number of nitrogens with zero attached hydrogens (tertiary/aromatic N) is 5. The van der Waals surface area contributed by atoms with Crippen LogP contribution in [0.3, 0.4) is 0 Å². The van der Waals surface area contributed by atoms with Gasteiger partial charge in [-0.1, -0.05) is 0 Å². The fraction of sp³-hybridized carbons (Fsp3) is 0.353. The quantitative estimate of drug-likeness (QED) is 0.779. The van der Waals surface area contributed by atoms with Gasteiger partial charge in [0.2, 0.25) is 5.28 Å². The standard InChI is InChI=1S/C17H13ClF3N6O/c18-15-24-12(16(9-22)2-5-27(10-28)6-3-16)8-14(26-15)25-13-7-11(1-4-23-13)17(19,20)21/h1,4,7-8H,2-3,5-6H2,(H,23,24,25,26). The van der Waals surface area contributed by atoms with E-state index in [1.54, 1.807) is 6.41 Å². The summed E-state index contributed by atoms with van der Waals surface area (Å²) in [6, 6.07) is 5.38. The van der Waals surface area contributed by atoms with Crippen LogP contribution in [-0.2, 0) is 16.4 Å². The number of piperidine rings is 1. The zero-order valence-corrected chi connectivity index (χ0v) is 15.0. The van der Waals surface area contributed by atoms with Gasteiger partial charge in [-0.25, -0.2) is 15.0 Å². The van der Waals surface area contributed by atoms with Crippen molar-refractivity contribution in [2.24, 2.45) is 0 Å². The highest BCUT2D eigenvalue weighted by Crippen LogP contribution is 2.35. The Hall–Kier alpha value is -2.93. The van der Waals surface area contributed by atoms with Crippen molar-refractivity contribution in [3.8, 4) is 6.07 Å². The number of pyridine rings is 1. The minimum absolute atomic E-state index is 0.0769. The van der Waals surface area contributed by atoms with Gasteiger partial charge in [0.15, 0.2) is 0 Å². The summed E-state index contributed by atoms with van der Waals surface area (Å²) < 4.78 is 38.6. The minimum atomic E-state index is -4.51. The van der Waals surface area contributed by atoms with Gasteiger partial charge in [0.1, 0.15) is 17.1 Å². The number of hydrogen-bond acceptors (Lipinski definition) is 6. The molecule has 0 saturated carbocycles. The third kappa shape index (κ3) is 4.14. The van der Waals surface area contributed by atoms with Crippen LogP contribution >= 0.6 is 11.6 Å². The van der Waals surface area contributed by atoms with Crippen molar-refractivity contribution in [2.75, 3.05) is 18.4 Å². The number of aromatic nitrogens is 3. The highest BCUT2D eigenvalue weighted by molar-refractivity contribution is 6.28. The molecule has 1 radical (unpaired) electrons. The van der Waals surface area contributed by atoms with E-state index in [9.17, 15) is 23.2 Å². The van der Waals surface area contributed by atoms with Crippen molar-refractivity contribution in [3.63, 3.8) is 0 Å². The van der Waals surface area contributed by atoms with E-state index in [-0.39, 0.29) is 16.9 Å². The van der Waals surface area contributed by atoms with E-state index in [4.69, 9.17) is 11.6 Å². The molecule has 0 aromatic carbocycles. The smallest absolute Gasteiger partial charge is 0.334 e. The summed E-state index contributed by atoms with van der Waals surface area (Å²) >= 11 is 5.97. The Labute approximate surface area is 163 Å². The number of anilines is 2. The van der Waals surface area contributed by atoms with E-state index >= 15 is 0 Å². The minimum Gasteiger partial charge on any atom is -0.334 e. The van der Waals surface area contributed by atoms with Crippen LogP contribution in [-0.4, -0.2) is 39.4 Å². The molecule has 11 heteroatoms. The molecule has 28 heavy (non-hydrogen) atoms. The average Bonchev–Trinajstić information content (AvgIpc) is 2.67. The molecule has 0 bridgehead atoms. The number of hydrogen-bond donors (Lipinski definition) is 1. The number of nitrogens with one attached hydrogen (secondary N) is 1. The van der Waals surface area contributed by atoms with Gasteiger partial charge < -0.3 is 10.2 Å². The molecule has 2 aromatic heterocycles. The number of carbonyl (C=O) groups excluding carboxylic acids is 1. The van der Waals surface area contributed by atoms with Crippen LogP contribution in [0, 0.1) is 11.3 Å². The van der Waals surface area contributed by atoms with E-state index in [1.807, 2.05) is 0 Å². The average molecular weight is 410 g/mol. The summed E-state index contributed by atoms with van der Waals surface area (Å²) in [5.74, 6) is 0.0350. The summed E-state index contributed by atoms with van der Waals surface area (Å²) in [6.45, 7) is 0.660. The van der Waals surface area contributed by atoms with Gasteiger partial charge in [0, 0.05) is 25.4 Å². The lowest BCUT2D eigenvalue weighted by molar-refractivity contribution is -0.137. The molecule has 0 spiro atoms. The maximum Gasteiger partial charge on any atom is 0.416 e. The van der Waals surface area contributed by atoms with E-state index < -0.39 is 17.2 Å². The summed E-state index contributed by atoms with van der Waals surface area (Å²) in [7, 11) is 0. The Bertz CT molecular complexity index is 922. The topological polar surface area (TPSA) is 94.8 Å². The second-order valence-electron chi connectivity index (χ2n) is 6.23. The molecule has 1 amide bonds. The molecular weight excluding hydrogens is 397 g/mol. The zero-order chi connectivity index (χ0) is 20.4. The Balaban J connectivity index is 1.90. The second kappa shape index (κ2) is 7.59. The molecule has 2 aromatic rings. The lowest BCUT2D eigenvalue weighted by Gasteiger charge is -2.34. The number of alkyl halides is 3. The van der Waals surface area contributed by atoms with Gasteiger partial charge in [-0.15, -0.1) is 0 Å². The second-order valence-corrected chi connectivity index (χ2v) is 6.57. The lowest BCUT2D eigenvalue weighted by atomic mass is 9.77. The molecule has 0 atom stereocenters. The van der Waals surface area contributed by atoms with E-state index in [0.717, 1.165) is 18.3 Å². The van der Waals surface area contributed by atoms with Crippen molar-refractivity contribution in [1.82, 2.24) is 19.9 Å². The van der Waals surface area contributed by atoms with Crippen molar-refractivity contribution >= 4 is 29.6 Å². The molecular formula is C17H13ClF3N6O. The summed E-state index contributed by atoms with van der Waals surface area (Å²) in [6.07, 6.45) is -1.04. The Morgan fingerprint density at radius 1 is 1.21 bits per heavy atom. The fourth-order valence-electron chi connectivity index (χ4n) is 2.94. The number of rotatable bonds is 4. The normalized spacial score (nSPS) is 16.3. The first-order valence-electron chi connectivity index (χ1n) is 8.15. The van der Waals surface area contributed by atoms with Crippen LogP contribution in [0.1, 0.15) is 24.1 Å². The molecule has 3 rings (SSSR count). The Kier molecular flexibility index (Phi) is 5.38. The van der Waals surface area contributed by atoms with Crippen molar-refractivity contribution in [3.05, 3.63) is 40.9 Å². The zero-order valence-electron chi connectivity index (χ0n) is 14.3. The summed E-state index contributed by atoms with van der Waals surface area (Å²) in [5.41, 5.74) is -1.52. The highest BCUT2D eigenvalue weighted by Gasteiger charge is 2.38. The molecule has 3 heterocycles. The summed E-state index contributed by atoms with van der Waals surface area (Å²) in [5, 5.41) is 12.2. The molecule has 1 N–H and O–H groups in total. The van der Waals surface area contributed by atoms with Gasteiger partial charge in [0.05, 0.1) is 17.3 Å². The number of likely N-dealkylation sites (tertiary alicyclic amines) is 1. The SMILES string of the molecule is N#CC1(c2cc(Nc3cc(C(F)(F)F)ccn3)nc(Cl)n2)CCN([C]=O)CC1. The van der Waals surface area contributed by atoms with Crippen LogP contribution in [0.5, 0.6) is 0 Å². The van der Waals surface area contributed by atoms with Crippen LogP contribution in [0.15, 0.2) is 24.4 Å². The monoisotopic (exact) mass is 409 g/mol. The molecule has 7 nitrogen and oxygen atoms in total. The van der Waals surface area contributed by atoms with Gasteiger partial charge >= 0.3 is 12.6 Å². The van der Waals surface area contributed by atoms with Crippen LogP contribution in [0.4, 0.5) is 24.8 Å². The van der Waals surface area contributed by atoms with Gasteiger partial charge in [-0.05, 0) is 36.6 Å². The molecule has 1 saturated heterocycles. The number of halogens is 4. The van der Waals surface area contributed by atoms with E-state index in [0.29, 0.717) is 31.6 Å². The third-order valence-corrected chi connectivity index (χ3v) is 4.66. The fourth-order valence-corrected chi connectivity index (χ4v) is 3.12. The third-order valence-electron chi connectivity index (χ3n) is 4.49. The molecule has 145 valence electrons. The molecule has 0 unspecified atom stereocenters. The van der Waals surface area contributed by atoms with Crippen molar-refractivity contribution in [2.45, 2.75) is 24.4 Å².